The van der Waals surface area contributed by atoms with Crippen LogP contribution < -0.4 is 4.57 Å². The topological polar surface area (TPSA) is 18.0 Å². The lowest BCUT2D eigenvalue weighted by Gasteiger charge is -2.02. The molecule has 0 aromatic carbocycles. The fourth-order valence-electron chi connectivity index (χ4n) is 1.27. The lowest BCUT2D eigenvalue weighted by atomic mass is 10.4. The number of aromatic nitrogens is 2. The first-order chi connectivity index (χ1) is 7.51. The van der Waals surface area contributed by atoms with Crippen molar-refractivity contribution in [3.63, 3.8) is 0 Å². The van der Waals surface area contributed by atoms with Crippen molar-refractivity contribution in [3.05, 3.63) is 18.7 Å². The first kappa shape index (κ1) is 13.0. The Hall–Kier alpha value is -1.04. The van der Waals surface area contributed by atoms with E-state index in [0.717, 1.165) is 0 Å². The van der Waals surface area contributed by atoms with Crippen molar-refractivity contribution in [2.75, 3.05) is 13.2 Å². The Bertz CT molecular complexity index is 309. The number of alkyl halides is 3. The second-order valence-corrected chi connectivity index (χ2v) is 3.45. The van der Waals surface area contributed by atoms with E-state index in [9.17, 15) is 13.2 Å². The third-order valence-electron chi connectivity index (χ3n) is 2.10. The number of hydrogen-bond donors (Lipinski definition) is 0. The molecule has 0 spiro atoms. The fraction of sp³-hybridized carbons (Fsp3) is 0.700. The van der Waals surface area contributed by atoms with Crippen LogP contribution in [0.5, 0.6) is 0 Å². The van der Waals surface area contributed by atoms with Crippen LogP contribution in [0.4, 0.5) is 13.2 Å². The molecule has 0 amide bonds. The minimum atomic E-state index is -4.10. The Labute approximate surface area is 92.4 Å². The summed E-state index contributed by atoms with van der Waals surface area (Å²) < 4.78 is 44.4. The largest absolute Gasteiger partial charge is 0.392 e. The van der Waals surface area contributed by atoms with E-state index in [0.29, 0.717) is 19.8 Å². The van der Waals surface area contributed by atoms with Crippen molar-refractivity contribution in [2.24, 2.45) is 0 Å². The average Bonchev–Trinajstić information content (AvgIpc) is 2.62. The predicted octanol–water partition coefficient (Wildman–Crippen LogP) is 1.76. The molecular weight excluding hydrogens is 221 g/mol. The van der Waals surface area contributed by atoms with E-state index in [2.05, 4.69) is 0 Å². The molecule has 0 bridgehead atoms. The van der Waals surface area contributed by atoms with Gasteiger partial charge in [-0.15, -0.1) is 0 Å². The molecule has 1 aromatic heterocycles. The molecule has 0 atom stereocenters. The van der Waals surface area contributed by atoms with Crippen LogP contribution in [-0.4, -0.2) is 24.0 Å². The third kappa shape index (κ3) is 5.16. The number of imidazole rings is 1. The van der Waals surface area contributed by atoms with Gasteiger partial charge in [0.1, 0.15) is 18.9 Å². The molecule has 1 aromatic rings. The van der Waals surface area contributed by atoms with Crippen LogP contribution in [0.3, 0.4) is 0 Å². The maximum Gasteiger partial charge on any atom is 0.392 e. The lowest BCUT2D eigenvalue weighted by molar-refractivity contribution is -0.699. The van der Waals surface area contributed by atoms with Gasteiger partial charge in [-0.1, -0.05) is 0 Å². The minimum absolute atomic E-state index is 0.0366. The van der Waals surface area contributed by atoms with E-state index in [-0.39, 0.29) is 6.54 Å². The number of halogens is 3. The molecule has 1 rings (SSSR count). The van der Waals surface area contributed by atoms with Gasteiger partial charge in [-0.2, -0.15) is 13.2 Å². The van der Waals surface area contributed by atoms with Crippen LogP contribution in [-0.2, 0) is 17.8 Å². The summed E-state index contributed by atoms with van der Waals surface area (Å²) in [6.07, 6.45) is 0.144. The minimum Gasteiger partial charge on any atom is -0.378 e. The van der Waals surface area contributed by atoms with Gasteiger partial charge in [-0.25, -0.2) is 9.13 Å². The summed E-state index contributed by atoms with van der Waals surface area (Å²) in [4.78, 5) is 0. The zero-order valence-corrected chi connectivity index (χ0v) is 9.20. The summed E-state index contributed by atoms with van der Waals surface area (Å²) in [5, 5.41) is 0. The molecular formula is C10H16F3N2O+. The van der Waals surface area contributed by atoms with Crippen molar-refractivity contribution in [3.8, 4) is 0 Å². The molecule has 0 N–H and O–H groups in total. The Kier molecular flexibility index (Phi) is 4.79. The van der Waals surface area contributed by atoms with E-state index in [1.807, 2.05) is 11.5 Å². The Morgan fingerprint density at radius 2 is 2.12 bits per heavy atom. The Balaban J connectivity index is 2.33. The molecule has 6 heteroatoms. The highest BCUT2D eigenvalue weighted by atomic mass is 19.4. The van der Waals surface area contributed by atoms with Crippen molar-refractivity contribution in [1.82, 2.24) is 4.57 Å². The smallest absolute Gasteiger partial charge is 0.378 e. The summed E-state index contributed by atoms with van der Waals surface area (Å²) in [5.41, 5.74) is 0. The highest BCUT2D eigenvalue weighted by Crippen LogP contribution is 2.18. The van der Waals surface area contributed by atoms with Crippen LogP contribution in [0.1, 0.15) is 13.3 Å². The Morgan fingerprint density at radius 3 is 2.75 bits per heavy atom. The second kappa shape index (κ2) is 5.89. The predicted molar refractivity (Wildman–Crippen MR) is 51.8 cm³/mol. The maximum atomic E-state index is 12.0. The summed E-state index contributed by atoms with van der Waals surface area (Å²) in [5.74, 6) is 0. The molecule has 0 aliphatic carbocycles. The van der Waals surface area contributed by atoms with E-state index >= 15 is 0 Å². The van der Waals surface area contributed by atoms with Crippen LogP contribution in [0.2, 0.25) is 0 Å². The quantitative estimate of drug-likeness (QED) is 0.544. The molecule has 0 radical (unpaired) electrons. The first-order valence-electron chi connectivity index (χ1n) is 5.20. The standard InChI is InChI=1S/C10H16F3N2O/c1-2-16-8-7-15-6-5-14(9-15)4-3-10(11,12)13/h5-6,9H,2-4,7-8H2,1H3/q+1. The van der Waals surface area contributed by atoms with Crippen LogP contribution in [0.25, 0.3) is 0 Å². The zero-order valence-electron chi connectivity index (χ0n) is 9.20. The number of nitrogens with zero attached hydrogens (tertiary/aromatic N) is 2. The molecule has 3 nitrogen and oxygen atoms in total. The van der Waals surface area contributed by atoms with Gasteiger partial charge in [0.05, 0.1) is 19.6 Å². The fourth-order valence-corrected chi connectivity index (χ4v) is 1.27. The Morgan fingerprint density at radius 1 is 1.38 bits per heavy atom. The molecule has 0 unspecified atom stereocenters. The number of aryl methyl sites for hydroxylation is 1. The normalized spacial score (nSPS) is 12.0. The van der Waals surface area contributed by atoms with Gasteiger partial charge in [0.15, 0.2) is 0 Å². The van der Waals surface area contributed by atoms with Crippen molar-refractivity contribution >= 4 is 0 Å². The van der Waals surface area contributed by atoms with Crippen LogP contribution >= 0.6 is 0 Å². The van der Waals surface area contributed by atoms with E-state index < -0.39 is 12.6 Å². The highest BCUT2D eigenvalue weighted by Gasteiger charge is 2.27. The van der Waals surface area contributed by atoms with Crippen LogP contribution in [0.15, 0.2) is 18.7 Å². The highest BCUT2D eigenvalue weighted by molar-refractivity contribution is 4.66. The molecule has 0 aliphatic heterocycles. The SMILES string of the molecule is CCOCCn1cc[n+](CCC(F)(F)F)c1. The molecule has 92 valence electrons. The van der Waals surface area contributed by atoms with Crippen molar-refractivity contribution < 1.29 is 22.5 Å². The second-order valence-electron chi connectivity index (χ2n) is 3.45. The summed E-state index contributed by atoms with van der Waals surface area (Å²) >= 11 is 0. The molecule has 0 saturated heterocycles. The monoisotopic (exact) mass is 237 g/mol. The van der Waals surface area contributed by atoms with Crippen molar-refractivity contribution in [1.29, 1.82) is 0 Å². The summed E-state index contributed by atoms with van der Waals surface area (Å²) in [7, 11) is 0. The number of rotatable bonds is 6. The average molecular weight is 237 g/mol. The third-order valence-corrected chi connectivity index (χ3v) is 2.10. The molecule has 1 heterocycles. The number of hydrogen-bond acceptors (Lipinski definition) is 1. The van der Waals surface area contributed by atoms with E-state index in [1.54, 1.807) is 18.7 Å². The first-order valence-corrected chi connectivity index (χ1v) is 5.20. The lowest BCUT2D eigenvalue weighted by Crippen LogP contribution is -2.33. The molecule has 0 fully saturated rings. The summed E-state index contributed by atoms with van der Waals surface area (Å²) in [6.45, 7) is 3.75. The number of ether oxygens (including phenoxy) is 1. The maximum absolute atomic E-state index is 12.0. The van der Waals surface area contributed by atoms with E-state index in [1.165, 1.54) is 4.57 Å². The van der Waals surface area contributed by atoms with Crippen molar-refractivity contribution in [2.45, 2.75) is 32.6 Å². The van der Waals surface area contributed by atoms with Gasteiger partial charge in [-0.3, -0.25) is 0 Å². The van der Waals surface area contributed by atoms with E-state index in [4.69, 9.17) is 4.74 Å². The van der Waals surface area contributed by atoms with Gasteiger partial charge in [-0.05, 0) is 6.92 Å². The zero-order chi connectivity index (χ0) is 12.0. The molecule has 0 saturated carbocycles. The van der Waals surface area contributed by atoms with Gasteiger partial charge in [0.25, 0.3) is 0 Å². The van der Waals surface area contributed by atoms with Gasteiger partial charge in [0, 0.05) is 6.61 Å². The van der Waals surface area contributed by atoms with Gasteiger partial charge < -0.3 is 4.74 Å². The van der Waals surface area contributed by atoms with Crippen LogP contribution in [0, 0.1) is 0 Å². The molecule has 0 aliphatic rings. The summed E-state index contributed by atoms with van der Waals surface area (Å²) in [6, 6.07) is 0. The van der Waals surface area contributed by atoms with Gasteiger partial charge in [0.2, 0.25) is 6.33 Å². The van der Waals surface area contributed by atoms with Gasteiger partial charge >= 0.3 is 6.18 Å². The molecule has 16 heavy (non-hydrogen) atoms.